The molecule has 0 heterocycles. The van der Waals surface area contributed by atoms with Crippen LogP contribution in [0, 0.1) is 15.9 Å². The Bertz CT molecular complexity index is 642. The maximum atomic E-state index is 13.4. The van der Waals surface area contributed by atoms with Crippen LogP contribution in [0.2, 0.25) is 0 Å². The van der Waals surface area contributed by atoms with E-state index < -0.39 is 43.2 Å². The molecule has 1 aromatic rings. The molecule has 0 radical (unpaired) electrons. The number of carbonyl (C=O) groups is 1. The van der Waals surface area contributed by atoms with E-state index in [9.17, 15) is 27.7 Å². The number of nitro groups is 1. The molecule has 0 aliphatic heterocycles. The molecule has 1 unspecified atom stereocenters. The summed E-state index contributed by atoms with van der Waals surface area (Å²) in [6.45, 7) is 1.41. The molecule has 1 aromatic carbocycles. The van der Waals surface area contributed by atoms with Crippen molar-refractivity contribution in [1.82, 2.24) is 0 Å². The van der Waals surface area contributed by atoms with Crippen LogP contribution in [0.15, 0.2) is 18.2 Å². The zero-order valence-electron chi connectivity index (χ0n) is 10.4. The van der Waals surface area contributed by atoms with E-state index in [0.717, 1.165) is 18.2 Å². The van der Waals surface area contributed by atoms with E-state index in [-0.39, 0.29) is 12.0 Å². The summed E-state index contributed by atoms with van der Waals surface area (Å²) in [4.78, 5) is 20.3. The number of nitrogens with zero attached hydrogens (tertiary/aromatic N) is 1. The number of rotatable bonds is 6. The van der Waals surface area contributed by atoms with Gasteiger partial charge in [0, 0.05) is 6.07 Å². The van der Waals surface area contributed by atoms with Crippen LogP contribution in [-0.2, 0) is 20.4 Å². The van der Waals surface area contributed by atoms with Gasteiger partial charge in [0.15, 0.2) is 15.1 Å². The average Bonchev–Trinajstić information content (AvgIpc) is 2.27. The molecule has 9 heteroatoms. The van der Waals surface area contributed by atoms with Crippen LogP contribution in [0.3, 0.4) is 0 Å². The molecule has 0 aliphatic rings. The molecule has 0 fully saturated rings. The fraction of sp³-hybridized carbons (Fsp3) is 0.364. The average molecular weight is 305 g/mol. The molecule has 20 heavy (non-hydrogen) atoms. The first-order chi connectivity index (χ1) is 9.19. The number of carboxylic acids is 1. The van der Waals surface area contributed by atoms with E-state index >= 15 is 0 Å². The molecule has 0 amide bonds. The standard InChI is InChI=1S/C11H12FNO6S/c1-2-10(11(14)15)20(18,19)6-7-3-4-9(13(16)17)8(12)5-7/h3-5,10H,2,6H2,1H3,(H,14,15). The SMILES string of the molecule is CCC(C(=O)O)S(=O)(=O)Cc1ccc([N+](=O)[O-])c(F)c1. The third-order valence-electron chi connectivity index (χ3n) is 2.66. The summed E-state index contributed by atoms with van der Waals surface area (Å²) in [5.74, 6) is -3.33. The number of hydrogen-bond donors (Lipinski definition) is 1. The Morgan fingerprint density at radius 3 is 2.50 bits per heavy atom. The Hall–Kier alpha value is -2.03. The van der Waals surface area contributed by atoms with Crippen molar-refractivity contribution in [1.29, 1.82) is 0 Å². The van der Waals surface area contributed by atoms with Gasteiger partial charge in [-0.05, 0) is 18.1 Å². The van der Waals surface area contributed by atoms with Gasteiger partial charge in [-0.3, -0.25) is 14.9 Å². The van der Waals surface area contributed by atoms with Crippen LogP contribution < -0.4 is 0 Å². The number of carboxylic acid groups (broad SMARTS) is 1. The number of halogens is 1. The molecular weight excluding hydrogens is 293 g/mol. The van der Waals surface area contributed by atoms with Crippen molar-refractivity contribution >= 4 is 21.5 Å². The first kappa shape index (κ1) is 16.0. The zero-order chi connectivity index (χ0) is 15.5. The molecule has 1 rings (SSSR count). The molecule has 110 valence electrons. The van der Waals surface area contributed by atoms with Crippen molar-refractivity contribution in [3.63, 3.8) is 0 Å². The van der Waals surface area contributed by atoms with E-state index in [1.54, 1.807) is 0 Å². The van der Waals surface area contributed by atoms with E-state index in [0.29, 0.717) is 0 Å². The lowest BCUT2D eigenvalue weighted by molar-refractivity contribution is -0.387. The molecular formula is C11H12FNO6S. The smallest absolute Gasteiger partial charge is 0.321 e. The normalized spacial score (nSPS) is 12.9. The molecule has 1 N–H and O–H groups in total. The third-order valence-corrected chi connectivity index (χ3v) is 4.79. The van der Waals surface area contributed by atoms with Crippen molar-refractivity contribution in [2.24, 2.45) is 0 Å². The number of nitro benzene ring substituents is 1. The minimum atomic E-state index is -4.01. The van der Waals surface area contributed by atoms with E-state index in [2.05, 4.69) is 0 Å². The minimum Gasteiger partial charge on any atom is -0.480 e. The van der Waals surface area contributed by atoms with Gasteiger partial charge in [0.25, 0.3) is 0 Å². The van der Waals surface area contributed by atoms with Crippen molar-refractivity contribution < 1.29 is 27.6 Å². The minimum absolute atomic E-state index is 0.0344. The van der Waals surface area contributed by atoms with E-state index in [4.69, 9.17) is 5.11 Å². The summed E-state index contributed by atoms with van der Waals surface area (Å²) in [5.41, 5.74) is -0.802. The summed E-state index contributed by atoms with van der Waals surface area (Å²) in [5, 5.41) is 17.7. The quantitative estimate of drug-likeness (QED) is 0.629. The molecule has 0 saturated carbocycles. The summed E-state index contributed by atoms with van der Waals surface area (Å²) in [6, 6.07) is 2.67. The Kier molecular flexibility index (Phi) is 4.77. The van der Waals surface area contributed by atoms with Gasteiger partial charge in [-0.1, -0.05) is 13.0 Å². The van der Waals surface area contributed by atoms with Gasteiger partial charge in [0.1, 0.15) is 0 Å². The van der Waals surface area contributed by atoms with Crippen LogP contribution in [0.25, 0.3) is 0 Å². The fourth-order valence-electron chi connectivity index (χ4n) is 1.70. The predicted molar refractivity (Wildman–Crippen MR) is 67.4 cm³/mol. The second-order valence-electron chi connectivity index (χ2n) is 4.09. The van der Waals surface area contributed by atoms with Crippen LogP contribution in [-0.4, -0.2) is 29.7 Å². The number of hydrogen-bond acceptors (Lipinski definition) is 5. The summed E-state index contributed by atoms with van der Waals surface area (Å²) in [6.07, 6.45) is -0.118. The van der Waals surface area contributed by atoms with E-state index in [1.807, 2.05) is 0 Å². The molecule has 0 saturated heterocycles. The molecule has 0 aliphatic carbocycles. The summed E-state index contributed by atoms with van der Waals surface area (Å²) in [7, 11) is -4.01. The van der Waals surface area contributed by atoms with Gasteiger partial charge in [-0.15, -0.1) is 0 Å². The number of aliphatic carboxylic acids is 1. The highest BCUT2D eigenvalue weighted by Gasteiger charge is 2.31. The summed E-state index contributed by atoms with van der Waals surface area (Å²) < 4.78 is 37.1. The summed E-state index contributed by atoms with van der Waals surface area (Å²) >= 11 is 0. The van der Waals surface area contributed by atoms with Gasteiger partial charge in [-0.25, -0.2) is 8.42 Å². The zero-order valence-corrected chi connectivity index (χ0v) is 11.3. The lowest BCUT2D eigenvalue weighted by atomic mass is 10.2. The highest BCUT2D eigenvalue weighted by Crippen LogP contribution is 2.21. The predicted octanol–water partition coefficient (Wildman–Crippen LogP) is 1.51. The first-order valence-corrected chi connectivity index (χ1v) is 7.27. The topological polar surface area (TPSA) is 115 Å². The highest BCUT2D eigenvalue weighted by molar-refractivity contribution is 7.92. The Morgan fingerprint density at radius 1 is 1.50 bits per heavy atom. The molecule has 0 aromatic heterocycles. The van der Waals surface area contributed by atoms with Crippen molar-refractivity contribution in [3.05, 3.63) is 39.7 Å². The number of benzene rings is 1. The van der Waals surface area contributed by atoms with Crippen LogP contribution in [0.5, 0.6) is 0 Å². The van der Waals surface area contributed by atoms with E-state index in [1.165, 1.54) is 6.92 Å². The van der Waals surface area contributed by atoms with Crippen LogP contribution in [0.4, 0.5) is 10.1 Å². The van der Waals surface area contributed by atoms with Gasteiger partial charge in [0.2, 0.25) is 5.82 Å². The lowest BCUT2D eigenvalue weighted by Crippen LogP contribution is -2.30. The lowest BCUT2D eigenvalue weighted by Gasteiger charge is -2.11. The molecule has 0 spiro atoms. The van der Waals surface area contributed by atoms with Gasteiger partial charge in [0.05, 0.1) is 10.7 Å². The highest BCUT2D eigenvalue weighted by atomic mass is 32.2. The molecule has 7 nitrogen and oxygen atoms in total. The van der Waals surface area contributed by atoms with Gasteiger partial charge >= 0.3 is 11.7 Å². The third kappa shape index (κ3) is 3.50. The van der Waals surface area contributed by atoms with Gasteiger partial charge in [-0.2, -0.15) is 4.39 Å². The van der Waals surface area contributed by atoms with Crippen molar-refractivity contribution in [2.45, 2.75) is 24.3 Å². The molecule has 1 atom stereocenters. The maximum absolute atomic E-state index is 13.4. The fourth-order valence-corrected chi connectivity index (χ4v) is 3.36. The first-order valence-electron chi connectivity index (χ1n) is 5.56. The largest absolute Gasteiger partial charge is 0.480 e. The Labute approximate surface area is 114 Å². The van der Waals surface area contributed by atoms with Gasteiger partial charge < -0.3 is 5.11 Å². The second-order valence-corrected chi connectivity index (χ2v) is 6.27. The molecule has 0 bridgehead atoms. The van der Waals surface area contributed by atoms with Crippen LogP contribution in [0.1, 0.15) is 18.9 Å². The maximum Gasteiger partial charge on any atom is 0.321 e. The van der Waals surface area contributed by atoms with Crippen molar-refractivity contribution in [2.75, 3.05) is 0 Å². The Balaban J connectivity index is 3.07. The van der Waals surface area contributed by atoms with Crippen molar-refractivity contribution in [3.8, 4) is 0 Å². The second kappa shape index (κ2) is 5.95. The monoisotopic (exact) mass is 305 g/mol. The Morgan fingerprint density at radius 2 is 2.10 bits per heavy atom. The number of sulfone groups is 1. The van der Waals surface area contributed by atoms with Crippen LogP contribution >= 0.6 is 0 Å².